The molecular formula is C18H20N4OS. The Balaban J connectivity index is 1.80. The van der Waals surface area contributed by atoms with E-state index in [0.717, 1.165) is 15.8 Å². The van der Waals surface area contributed by atoms with Crippen LogP contribution < -0.4 is 16.0 Å². The molecular weight excluding hydrogens is 320 g/mol. The maximum Gasteiger partial charge on any atom is 0.324 e. The molecule has 1 aromatic heterocycles. The SMILES string of the molecule is C[C@@H](NC(=O)N(CCN)c1nc2ccccc2s1)c1ccccc1. The van der Waals surface area contributed by atoms with Crippen LogP contribution in [0.1, 0.15) is 18.5 Å². The van der Waals surface area contributed by atoms with Gasteiger partial charge in [0.1, 0.15) is 0 Å². The number of fused-ring (bicyclic) bond motifs is 1. The molecule has 0 aliphatic carbocycles. The summed E-state index contributed by atoms with van der Waals surface area (Å²) in [5, 5.41) is 3.69. The maximum absolute atomic E-state index is 12.7. The van der Waals surface area contributed by atoms with Gasteiger partial charge < -0.3 is 11.1 Å². The average Bonchev–Trinajstić information content (AvgIpc) is 3.03. The Hall–Kier alpha value is -2.44. The standard InChI is InChI=1S/C18H20N4OS/c1-13(14-7-3-2-4-8-14)20-17(23)22(12-11-19)18-21-15-9-5-6-10-16(15)24-18/h2-10,13H,11-12,19H2,1H3,(H,20,23)/t13-/m1/s1. The third kappa shape index (κ3) is 3.55. The first-order valence-electron chi connectivity index (χ1n) is 7.87. The van der Waals surface area contributed by atoms with Crippen molar-refractivity contribution in [1.29, 1.82) is 0 Å². The largest absolute Gasteiger partial charge is 0.331 e. The second kappa shape index (κ2) is 7.42. The Kier molecular flexibility index (Phi) is 5.08. The van der Waals surface area contributed by atoms with Gasteiger partial charge in [-0.05, 0) is 24.6 Å². The predicted octanol–water partition coefficient (Wildman–Crippen LogP) is 3.53. The normalized spacial score (nSPS) is 12.1. The number of rotatable bonds is 5. The fraction of sp³-hybridized carbons (Fsp3) is 0.222. The Morgan fingerprint density at radius 1 is 1.21 bits per heavy atom. The van der Waals surface area contributed by atoms with Crippen LogP contribution in [0.25, 0.3) is 10.2 Å². The van der Waals surface area contributed by atoms with Crippen molar-refractivity contribution in [3.8, 4) is 0 Å². The van der Waals surface area contributed by atoms with Gasteiger partial charge in [0.2, 0.25) is 0 Å². The molecule has 3 aromatic rings. The molecule has 5 nitrogen and oxygen atoms in total. The summed E-state index contributed by atoms with van der Waals surface area (Å²) < 4.78 is 1.05. The van der Waals surface area contributed by atoms with Gasteiger partial charge in [-0.15, -0.1) is 0 Å². The fourth-order valence-electron chi connectivity index (χ4n) is 2.48. The van der Waals surface area contributed by atoms with Crippen molar-refractivity contribution in [2.24, 2.45) is 5.73 Å². The highest BCUT2D eigenvalue weighted by atomic mass is 32.1. The van der Waals surface area contributed by atoms with Crippen molar-refractivity contribution >= 4 is 32.7 Å². The minimum Gasteiger partial charge on any atom is -0.331 e. The van der Waals surface area contributed by atoms with E-state index in [1.165, 1.54) is 11.3 Å². The number of hydrogen-bond donors (Lipinski definition) is 2. The van der Waals surface area contributed by atoms with Crippen LogP contribution in [0.5, 0.6) is 0 Å². The van der Waals surface area contributed by atoms with Crippen LogP contribution >= 0.6 is 11.3 Å². The molecule has 24 heavy (non-hydrogen) atoms. The smallest absolute Gasteiger partial charge is 0.324 e. The zero-order valence-electron chi connectivity index (χ0n) is 13.5. The number of amides is 2. The number of carbonyl (C=O) groups excluding carboxylic acids is 1. The lowest BCUT2D eigenvalue weighted by atomic mass is 10.1. The number of carbonyl (C=O) groups is 1. The quantitative estimate of drug-likeness (QED) is 0.746. The van der Waals surface area contributed by atoms with Gasteiger partial charge in [0.15, 0.2) is 5.13 Å². The molecule has 0 spiro atoms. The Labute approximate surface area is 145 Å². The van der Waals surface area contributed by atoms with E-state index in [2.05, 4.69) is 10.3 Å². The summed E-state index contributed by atoms with van der Waals surface area (Å²) >= 11 is 1.49. The minimum absolute atomic E-state index is 0.0895. The molecule has 124 valence electrons. The Morgan fingerprint density at radius 2 is 1.92 bits per heavy atom. The molecule has 1 heterocycles. The lowest BCUT2D eigenvalue weighted by molar-refractivity contribution is 0.243. The van der Waals surface area contributed by atoms with Crippen molar-refractivity contribution in [2.75, 3.05) is 18.0 Å². The van der Waals surface area contributed by atoms with Crippen molar-refractivity contribution in [2.45, 2.75) is 13.0 Å². The van der Waals surface area contributed by atoms with Gasteiger partial charge in [-0.25, -0.2) is 9.78 Å². The van der Waals surface area contributed by atoms with Crippen molar-refractivity contribution in [1.82, 2.24) is 10.3 Å². The van der Waals surface area contributed by atoms with Crippen LogP contribution in [0.15, 0.2) is 54.6 Å². The van der Waals surface area contributed by atoms with E-state index in [1.54, 1.807) is 4.90 Å². The minimum atomic E-state index is -0.184. The van der Waals surface area contributed by atoms with Crippen LogP contribution in [-0.4, -0.2) is 24.1 Å². The molecule has 0 fully saturated rings. The van der Waals surface area contributed by atoms with Crippen molar-refractivity contribution in [3.05, 3.63) is 60.2 Å². The molecule has 0 unspecified atom stereocenters. The monoisotopic (exact) mass is 340 g/mol. The van der Waals surface area contributed by atoms with E-state index in [4.69, 9.17) is 5.73 Å². The van der Waals surface area contributed by atoms with E-state index in [9.17, 15) is 4.79 Å². The zero-order valence-corrected chi connectivity index (χ0v) is 14.3. The van der Waals surface area contributed by atoms with E-state index >= 15 is 0 Å². The van der Waals surface area contributed by atoms with Gasteiger partial charge in [-0.3, -0.25) is 4.90 Å². The van der Waals surface area contributed by atoms with Crippen molar-refractivity contribution < 1.29 is 4.79 Å². The number of nitrogens with zero attached hydrogens (tertiary/aromatic N) is 2. The molecule has 0 radical (unpaired) electrons. The number of para-hydroxylation sites is 1. The summed E-state index contributed by atoms with van der Waals surface area (Å²) in [5.74, 6) is 0. The molecule has 3 N–H and O–H groups in total. The summed E-state index contributed by atoms with van der Waals surface area (Å²) in [7, 11) is 0. The van der Waals surface area contributed by atoms with E-state index in [-0.39, 0.29) is 12.1 Å². The van der Waals surface area contributed by atoms with Crippen LogP contribution in [0.3, 0.4) is 0 Å². The summed E-state index contributed by atoms with van der Waals surface area (Å²) in [6.07, 6.45) is 0. The van der Waals surface area contributed by atoms with Crippen LogP contribution in [0, 0.1) is 0 Å². The lowest BCUT2D eigenvalue weighted by Crippen LogP contribution is -2.43. The van der Waals surface area contributed by atoms with Gasteiger partial charge in [-0.2, -0.15) is 0 Å². The van der Waals surface area contributed by atoms with Gasteiger partial charge in [0.25, 0.3) is 0 Å². The number of nitrogens with one attached hydrogen (secondary N) is 1. The van der Waals surface area contributed by atoms with Crippen LogP contribution in [0.4, 0.5) is 9.93 Å². The number of hydrogen-bond acceptors (Lipinski definition) is 4. The Bertz CT molecular complexity index is 785. The number of benzene rings is 2. The van der Waals surface area contributed by atoms with Crippen LogP contribution in [-0.2, 0) is 0 Å². The van der Waals surface area contributed by atoms with E-state index < -0.39 is 0 Å². The highest BCUT2D eigenvalue weighted by Crippen LogP contribution is 2.28. The van der Waals surface area contributed by atoms with E-state index in [1.807, 2.05) is 61.5 Å². The topological polar surface area (TPSA) is 71.2 Å². The molecule has 2 aromatic carbocycles. The highest BCUT2D eigenvalue weighted by Gasteiger charge is 2.20. The molecule has 0 bridgehead atoms. The highest BCUT2D eigenvalue weighted by molar-refractivity contribution is 7.22. The number of urea groups is 1. The fourth-order valence-corrected chi connectivity index (χ4v) is 3.47. The first kappa shape index (κ1) is 16.4. The van der Waals surface area contributed by atoms with E-state index in [0.29, 0.717) is 18.2 Å². The molecule has 0 aliphatic rings. The first-order chi connectivity index (χ1) is 11.7. The Morgan fingerprint density at radius 3 is 2.62 bits per heavy atom. The van der Waals surface area contributed by atoms with Crippen LogP contribution in [0.2, 0.25) is 0 Å². The number of nitrogens with two attached hydrogens (primary N) is 1. The predicted molar refractivity (Wildman–Crippen MR) is 99.4 cm³/mol. The maximum atomic E-state index is 12.7. The second-order valence-corrected chi connectivity index (χ2v) is 6.50. The molecule has 6 heteroatoms. The number of thiazole rings is 1. The third-order valence-corrected chi connectivity index (χ3v) is 4.81. The van der Waals surface area contributed by atoms with Gasteiger partial charge in [0.05, 0.1) is 16.3 Å². The summed E-state index contributed by atoms with van der Waals surface area (Å²) in [4.78, 5) is 18.9. The summed E-state index contributed by atoms with van der Waals surface area (Å²) in [6, 6.07) is 17.5. The number of aromatic nitrogens is 1. The number of anilines is 1. The molecule has 0 aliphatic heterocycles. The van der Waals surface area contributed by atoms with Gasteiger partial charge in [0, 0.05) is 13.1 Å². The third-order valence-electron chi connectivity index (χ3n) is 3.75. The molecule has 1 atom stereocenters. The molecule has 2 amide bonds. The summed E-state index contributed by atoms with van der Waals surface area (Å²) in [5.41, 5.74) is 7.65. The first-order valence-corrected chi connectivity index (χ1v) is 8.69. The van der Waals surface area contributed by atoms with Crippen molar-refractivity contribution in [3.63, 3.8) is 0 Å². The average molecular weight is 340 g/mol. The zero-order chi connectivity index (χ0) is 16.9. The second-order valence-electron chi connectivity index (χ2n) is 5.49. The molecule has 0 saturated carbocycles. The van der Waals surface area contributed by atoms with Gasteiger partial charge >= 0.3 is 6.03 Å². The lowest BCUT2D eigenvalue weighted by Gasteiger charge is -2.22. The van der Waals surface area contributed by atoms with Gasteiger partial charge in [-0.1, -0.05) is 53.8 Å². The summed E-state index contributed by atoms with van der Waals surface area (Å²) in [6.45, 7) is 2.77. The molecule has 3 rings (SSSR count). The molecule has 0 saturated heterocycles.